The molecule has 3 rings (SSSR count). The Morgan fingerprint density at radius 1 is 1.21 bits per heavy atom. The Labute approximate surface area is 173 Å². The van der Waals surface area contributed by atoms with Crippen LogP contribution in [-0.4, -0.2) is 39.4 Å². The summed E-state index contributed by atoms with van der Waals surface area (Å²) in [5.74, 6) is 0.777. The summed E-state index contributed by atoms with van der Waals surface area (Å²) in [6, 6.07) is 7.87. The minimum Gasteiger partial charge on any atom is -0.346 e. The Hall–Kier alpha value is -2.37. The van der Waals surface area contributed by atoms with Crippen LogP contribution in [0.15, 0.2) is 24.3 Å². The molecule has 1 N–H and O–H groups in total. The van der Waals surface area contributed by atoms with Gasteiger partial charge in [0, 0.05) is 18.5 Å². The van der Waals surface area contributed by atoms with E-state index in [1.807, 2.05) is 68.5 Å². The fraction of sp³-hybridized carbons (Fsp3) is 0.609. The first-order chi connectivity index (χ1) is 13.7. The maximum Gasteiger partial charge on any atom is 0.242 e. The van der Waals surface area contributed by atoms with E-state index in [0.717, 1.165) is 23.9 Å². The molecule has 0 radical (unpaired) electrons. The molecule has 1 saturated carbocycles. The van der Waals surface area contributed by atoms with Gasteiger partial charge in [0.2, 0.25) is 11.8 Å². The number of fused-ring (bicyclic) bond motifs is 1. The molecule has 2 aromatic rings. The molecule has 6 nitrogen and oxygen atoms in total. The van der Waals surface area contributed by atoms with E-state index in [2.05, 4.69) is 5.32 Å². The van der Waals surface area contributed by atoms with E-state index in [0.29, 0.717) is 11.9 Å². The fourth-order valence-electron chi connectivity index (χ4n) is 3.99. The number of carbonyl (C=O) groups excluding carboxylic acids is 2. The number of rotatable bonds is 5. The summed E-state index contributed by atoms with van der Waals surface area (Å²) in [6.07, 6.45) is 5.81. The molecule has 0 aliphatic heterocycles. The van der Waals surface area contributed by atoms with Crippen molar-refractivity contribution >= 4 is 22.8 Å². The van der Waals surface area contributed by atoms with Crippen molar-refractivity contribution in [2.24, 2.45) is 5.41 Å². The van der Waals surface area contributed by atoms with Crippen LogP contribution in [0, 0.1) is 5.41 Å². The number of carbonyl (C=O) groups is 2. The van der Waals surface area contributed by atoms with Gasteiger partial charge in [-0.1, -0.05) is 52.2 Å². The Bertz CT molecular complexity index is 875. The predicted octanol–water partition coefficient (Wildman–Crippen LogP) is 4.05. The van der Waals surface area contributed by atoms with Gasteiger partial charge >= 0.3 is 0 Å². The second-order valence-corrected chi connectivity index (χ2v) is 9.29. The average molecular weight is 399 g/mol. The van der Waals surface area contributed by atoms with E-state index in [1.165, 1.54) is 19.3 Å². The highest BCUT2D eigenvalue weighted by molar-refractivity contribution is 5.83. The molecule has 0 saturated heterocycles. The number of amides is 2. The van der Waals surface area contributed by atoms with Crippen LogP contribution >= 0.6 is 0 Å². The van der Waals surface area contributed by atoms with Gasteiger partial charge in [-0.3, -0.25) is 9.59 Å². The van der Waals surface area contributed by atoms with Crippen molar-refractivity contribution < 1.29 is 9.59 Å². The molecule has 158 valence electrons. The molecule has 1 atom stereocenters. The minimum absolute atomic E-state index is 0.0331. The highest BCUT2D eigenvalue weighted by Gasteiger charge is 2.27. The molecular weight excluding hydrogens is 364 g/mol. The monoisotopic (exact) mass is 398 g/mol. The summed E-state index contributed by atoms with van der Waals surface area (Å²) < 4.78 is 1.96. The third kappa shape index (κ3) is 4.80. The van der Waals surface area contributed by atoms with Gasteiger partial charge in [-0.05, 0) is 31.9 Å². The molecule has 1 fully saturated rings. The zero-order valence-electron chi connectivity index (χ0n) is 18.4. The summed E-state index contributed by atoms with van der Waals surface area (Å²) in [6.45, 7) is 7.83. The van der Waals surface area contributed by atoms with Gasteiger partial charge in [0.15, 0.2) is 0 Å². The second-order valence-electron chi connectivity index (χ2n) is 9.29. The molecule has 29 heavy (non-hydrogen) atoms. The number of para-hydroxylation sites is 2. The third-order valence-electron chi connectivity index (χ3n) is 5.91. The topological polar surface area (TPSA) is 67.2 Å². The molecule has 1 aromatic carbocycles. The number of hydrogen-bond acceptors (Lipinski definition) is 3. The van der Waals surface area contributed by atoms with Gasteiger partial charge in [-0.2, -0.15) is 0 Å². The maximum atomic E-state index is 13.1. The summed E-state index contributed by atoms with van der Waals surface area (Å²) in [5, 5.41) is 3.06. The highest BCUT2D eigenvalue weighted by atomic mass is 16.2. The fourth-order valence-corrected chi connectivity index (χ4v) is 3.99. The molecule has 1 aliphatic carbocycles. The van der Waals surface area contributed by atoms with Crippen LogP contribution in [0.5, 0.6) is 0 Å². The molecule has 1 heterocycles. The summed E-state index contributed by atoms with van der Waals surface area (Å²) >= 11 is 0. The highest BCUT2D eigenvalue weighted by Crippen LogP contribution is 2.25. The van der Waals surface area contributed by atoms with Gasteiger partial charge in [-0.25, -0.2) is 4.98 Å². The van der Waals surface area contributed by atoms with Crippen molar-refractivity contribution in [2.45, 2.75) is 78.4 Å². The van der Waals surface area contributed by atoms with E-state index < -0.39 is 5.41 Å². The quantitative estimate of drug-likeness (QED) is 0.826. The molecule has 1 unspecified atom stereocenters. The smallest absolute Gasteiger partial charge is 0.242 e. The number of nitrogens with one attached hydrogen (secondary N) is 1. The molecule has 2 amide bonds. The van der Waals surface area contributed by atoms with Crippen LogP contribution in [0.25, 0.3) is 11.0 Å². The standard InChI is InChI=1S/C23H34N4O2/c1-16(24-22(29)23(2,3)4)21-25-18-13-9-10-14-19(18)27(21)15-20(28)26(5)17-11-7-6-8-12-17/h9-10,13-14,16-17H,6-8,11-12,15H2,1-5H3,(H,24,29). The minimum atomic E-state index is -0.484. The van der Waals surface area contributed by atoms with Crippen LogP contribution in [0.1, 0.15) is 71.7 Å². The van der Waals surface area contributed by atoms with Gasteiger partial charge in [0.1, 0.15) is 12.4 Å². The Morgan fingerprint density at radius 2 is 1.86 bits per heavy atom. The zero-order valence-corrected chi connectivity index (χ0v) is 18.4. The van der Waals surface area contributed by atoms with Crippen molar-refractivity contribution in [3.63, 3.8) is 0 Å². The second kappa shape index (κ2) is 8.56. The lowest BCUT2D eigenvalue weighted by molar-refractivity contribution is -0.133. The van der Waals surface area contributed by atoms with Gasteiger partial charge in [0.05, 0.1) is 17.1 Å². The van der Waals surface area contributed by atoms with Crippen molar-refractivity contribution in [1.29, 1.82) is 0 Å². The zero-order chi connectivity index (χ0) is 21.2. The van der Waals surface area contributed by atoms with Crippen molar-refractivity contribution in [1.82, 2.24) is 19.8 Å². The predicted molar refractivity (Wildman–Crippen MR) is 115 cm³/mol. The van der Waals surface area contributed by atoms with E-state index in [4.69, 9.17) is 4.98 Å². The first-order valence-electron chi connectivity index (χ1n) is 10.7. The van der Waals surface area contributed by atoms with Crippen LogP contribution in [-0.2, 0) is 16.1 Å². The molecule has 0 spiro atoms. The maximum absolute atomic E-state index is 13.1. The molecule has 1 aliphatic rings. The molecule has 6 heteroatoms. The Balaban J connectivity index is 1.86. The number of benzene rings is 1. The van der Waals surface area contributed by atoms with Gasteiger partial charge < -0.3 is 14.8 Å². The van der Waals surface area contributed by atoms with Gasteiger partial charge in [0.25, 0.3) is 0 Å². The number of hydrogen-bond donors (Lipinski definition) is 1. The van der Waals surface area contributed by atoms with Crippen LogP contribution in [0.3, 0.4) is 0 Å². The SMILES string of the molecule is CC(NC(=O)C(C)(C)C)c1nc2ccccc2n1CC(=O)N(C)C1CCCCC1. The van der Waals surface area contributed by atoms with Gasteiger partial charge in [-0.15, -0.1) is 0 Å². The number of nitrogens with zero attached hydrogens (tertiary/aromatic N) is 3. The molecule has 0 bridgehead atoms. The first kappa shape index (κ1) is 21.3. The summed E-state index contributed by atoms with van der Waals surface area (Å²) in [4.78, 5) is 32.3. The average Bonchev–Trinajstić information content (AvgIpc) is 3.06. The lowest BCUT2D eigenvalue weighted by Crippen LogP contribution is -2.41. The van der Waals surface area contributed by atoms with E-state index in [1.54, 1.807) is 0 Å². The van der Waals surface area contributed by atoms with Crippen LogP contribution < -0.4 is 5.32 Å². The lowest BCUT2D eigenvalue weighted by Gasteiger charge is -2.31. The Kier molecular flexibility index (Phi) is 6.30. The van der Waals surface area contributed by atoms with Crippen LogP contribution in [0.2, 0.25) is 0 Å². The normalized spacial score (nSPS) is 16.6. The Morgan fingerprint density at radius 3 is 2.52 bits per heavy atom. The first-order valence-corrected chi connectivity index (χ1v) is 10.7. The van der Waals surface area contributed by atoms with E-state index in [9.17, 15) is 9.59 Å². The number of aromatic nitrogens is 2. The van der Waals surface area contributed by atoms with E-state index >= 15 is 0 Å². The van der Waals surface area contributed by atoms with Crippen molar-refractivity contribution in [3.8, 4) is 0 Å². The number of likely N-dealkylation sites (N-methyl/N-ethyl adjacent to an activating group) is 1. The third-order valence-corrected chi connectivity index (χ3v) is 5.91. The van der Waals surface area contributed by atoms with Crippen LogP contribution in [0.4, 0.5) is 0 Å². The lowest BCUT2D eigenvalue weighted by atomic mass is 9.94. The van der Waals surface area contributed by atoms with Crippen molar-refractivity contribution in [2.75, 3.05) is 7.05 Å². The summed E-state index contributed by atoms with van der Waals surface area (Å²) in [5.41, 5.74) is 1.28. The van der Waals surface area contributed by atoms with E-state index in [-0.39, 0.29) is 24.4 Å². The molecular formula is C23H34N4O2. The largest absolute Gasteiger partial charge is 0.346 e. The number of imidazole rings is 1. The summed E-state index contributed by atoms with van der Waals surface area (Å²) in [7, 11) is 1.92. The van der Waals surface area contributed by atoms with Crippen molar-refractivity contribution in [3.05, 3.63) is 30.1 Å². The molecule has 1 aromatic heterocycles.